The van der Waals surface area contributed by atoms with Crippen molar-refractivity contribution in [2.24, 2.45) is 0 Å². The Bertz CT molecular complexity index is 1300. The van der Waals surface area contributed by atoms with Gasteiger partial charge in [0.1, 0.15) is 0 Å². The predicted octanol–water partition coefficient (Wildman–Crippen LogP) is 7.87. The SMILES string of the molecule is [C]1=C2C(=CC1=Cc1ccc(-c3ccccc3)cc1)C2c1ccc(-c2ccccc2)cc1. The summed E-state index contributed by atoms with van der Waals surface area (Å²) in [6.07, 6.45) is 8.11. The van der Waals surface area contributed by atoms with Gasteiger partial charge in [0.2, 0.25) is 0 Å². The summed E-state index contributed by atoms with van der Waals surface area (Å²) in [4.78, 5) is 0. The van der Waals surface area contributed by atoms with Gasteiger partial charge in [-0.3, -0.25) is 0 Å². The lowest BCUT2D eigenvalue weighted by Gasteiger charge is -2.04. The molecule has 0 aromatic heterocycles. The maximum atomic E-state index is 3.60. The van der Waals surface area contributed by atoms with Crippen molar-refractivity contribution < 1.29 is 0 Å². The second kappa shape index (κ2) is 7.41. The molecule has 0 amide bonds. The first-order chi connectivity index (χ1) is 15.3. The van der Waals surface area contributed by atoms with E-state index in [0.29, 0.717) is 5.92 Å². The third-order valence-electron chi connectivity index (χ3n) is 6.11. The van der Waals surface area contributed by atoms with E-state index in [2.05, 4.69) is 127 Å². The van der Waals surface area contributed by atoms with E-state index in [4.69, 9.17) is 0 Å². The van der Waals surface area contributed by atoms with Crippen molar-refractivity contribution in [1.82, 2.24) is 0 Å². The molecule has 0 bridgehead atoms. The molecule has 1 fully saturated rings. The van der Waals surface area contributed by atoms with Crippen molar-refractivity contribution in [3.8, 4) is 22.3 Å². The summed E-state index contributed by atoms with van der Waals surface area (Å²) in [5.74, 6) is 0.433. The first-order valence-corrected chi connectivity index (χ1v) is 10.7. The monoisotopic (exact) mass is 393 g/mol. The van der Waals surface area contributed by atoms with Crippen molar-refractivity contribution in [3.63, 3.8) is 0 Å². The normalized spacial score (nSPS) is 16.1. The standard InChI is InChI=1S/C31H21/c1-3-7-24(8-4-1)26-13-11-22(12-14-26)19-23-20-29-30(21-23)31(29)28-17-15-27(16-18-28)25-9-5-2-6-10-25/h1-20,31H. The second-order valence-electron chi connectivity index (χ2n) is 8.15. The largest absolute Gasteiger partial charge is 0.0622 e. The van der Waals surface area contributed by atoms with Gasteiger partial charge in [0.05, 0.1) is 0 Å². The zero-order valence-electron chi connectivity index (χ0n) is 17.1. The van der Waals surface area contributed by atoms with Crippen LogP contribution in [0.2, 0.25) is 0 Å². The molecule has 4 aromatic carbocycles. The lowest BCUT2D eigenvalue weighted by molar-refractivity contribution is 1.22. The van der Waals surface area contributed by atoms with E-state index >= 15 is 0 Å². The molecule has 1 saturated carbocycles. The van der Waals surface area contributed by atoms with Crippen LogP contribution in [0, 0.1) is 6.08 Å². The van der Waals surface area contributed by atoms with Crippen LogP contribution in [0.4, 0.5) is 0 Å². The molecule has 0 heteroatoms. The number of allylic oxidation sites excluding steroid dienone is 5. The number of rotatable bonds is 4. The zero-order chi connectivity index (χ0) is 20.6. The quantitative estimate of drug-likeness (QED) is 0.331. The molecule has 1 atom stereocenters. The van der Waals surface area contributed by atoms with Crippen LogP contribution in [-0.2, 0) is 0 Å². The van der Waals surface area contributed by atoms with Crippen LogP contribution in [0.25, 0.3) is 28.3 Å². The Balaban J connectivity index is 1.17. The Kier molecular flexibility index (Phi) is 4.28. The van der Waals surface area contributed by atoms with E-state index in [1.165, 1.54) is 50.1 Å². The molecule has 1 radical (unpaired) electrons. The highest BCUT2D eigenvalue weighted by atomic mass is 14.4. The van der Waals surface area contributed by atoms with Gasteiger partial charge in [-0.05, 0) is 68.3 Å². The van der Waals surface area contributed by atoms with Crippen LogP contribution >= 0.6 is 0 Å². The summed E-state index contributed by atoms with van der Waals surface area (Å²) < 4.78 is 0. The summed E-state index contributed by atoms with van der Waals surface area (Å²) >= 11 is 0. The molecule has 0 heterocycles. The minimum absolute atomic E-state index is 0.433. The van der Waals surface area contributed by atoms with Crippen LogP contribution in [0.3, 0.4) is 0 Å². The summed E-state index contributed by atoms with van der Waals surface area (Å²) in [6.45, 7) is 0. The average Bonchev–Trinajstić information content (AvgIpc) is 3.35. The molecular formula is C31H21. The maximum absolute atomic E-state index is 3.60. The van der Waals surface area contributed by atoms with Crippen molar-refractivity contribution in [2.45, 2.75) is 5.92 Å². The Morgan fingerprint density at radius 2 is 1.06 bits per heavy atom. The number of fused-ring (bicyclic) bond motifs is 1. The van der Waals surface area contributed by atoms with E-state index < -0.39 is 0 Å². The van der Waals surface area contributed by atoms with E-state index in [1.807, 2.05) is 0 Å². The van der Waals surface area contributed by atoms with E-state index in [1.54, 1.807) is 0 Å². The average molecular weight is 394 g/mol. The highest BCUT2D eigenvalue weighted by molar-refractivity contribution is 5.77. The molecule has 0 aliphatic heterocycles. The van der Waals surface area contributed by atoms with Gasteiger partial charge in [0.15, 0.2) is 0 Å². The highest BCUT2D eigenvalue weighted by Crippen LogP contribution is 2.57. The molecule has 1 unspecified atom stereocenters. The molecule has 0 nitrogen and oxygen atoms in total. The zero-order valence-corrected chi connectivity index (χ0v) is 17.1. The van der Waals surface area contributed by atoms with Crippen molar-refractivity contribution in [3.05, 3.63) is 149 Å². The third-order valence-corrected chi connectivity index (χ3v) is 6.11. The smallest absolute Gasteiger partial charge is 0.0352 e. The fraction of sp³-hybridized carbons (Fsp3) is 0.0323. The minimum Gasteiger partial charge on any atom is -0.0622 e. The van der Waals surface area contributed by atoms with Crippen molar-refractivity contribution >= 4 is 6.08 Å². The van der Waals surface area contributed by atoms with Crippen LogP contribution in [0.1, 0.15) is 17.0 Å². The fourth-order valence-corrected chi connectivity index (χ4v) is 4.41. The minimum atomic E-state index is 0.433. The number of hydrogen-bond acceptors (Lipinski definition) is 0. The molecular weight excluding hydrogens is 372 g/mol. The van der Waals surface area contributed by atoms with Gasteiger partial charge >= 0.3 is 0 Å². The fourth-order valence-electron chi connectivity index (χ4n) is 4.41. The Hall–Kier alpha value is -3.90. The lowest BCUT2D eigenvalue weighted by atomic mass is 10.0. The Labute approximate surface area is 183 Å². The first-order valence-electron chi connectivity index (χ1n) is 10.7. The van der Waals surface area contributed by atoms with Gasteiger partial charge in [0, 0.05) is 5.92 Å². The van der Waals surface area contributed by atoms with E-state index in [9.17, 15) is 0 Å². The van der Waals surface area contributed by atoms with Gasteiger partial charge in [-0.1, -0.05) is 109 Å². The molecule has 0 spiro atoms. The van der Waals surface area contributed by atoms with Crippen molar-refractivity contribution in [2.75, 3.05) is 0 Å². The molecule has 6 rings (SSSR count). The second-order valence-corrected chi connectivity index (χ2v) is 8.15. The van der Waals surface area contributed by atoms with Crippen LogP contribution in [0.5, 0.6) is 0 Å². The summed E-state index contributed by atoms with van der Waals surface area (Å²) in [7, 11) is 0. The van der Waals surface area contributed by atoms with Crippen LogP contribution < -0.4 is 0 Å². The van der Waals surface area contributed by atoms with Gasteiger partial charge < -0.3 is 0 Å². The topological polar surface area (TPSA) is 0 Å². The molecule has 0 saturated heterocycles. The molecule has 31 heavy (non-hydrogen) atoms. The van der Waals surface area contributed by atoms with E-state index in [-0.39, 0.29) is 0 Å². The third kappa shape index (κ3) is 3.47. The summed E-state index contributed by atoms with van der Waals surface area (Å²) in [5.41, 5.74) is 11.5. The van der Waals surface area contributed by atoms with Gasteiger partial charge in [-0.15, -0.1) is 0 Å². The summed E-state index contributed by atoms with van der Waals surface area (Å²) in [6, 6.07) is 38.8. The Morgan fingerprint density at radius 3 is 1.58 bits per heavy atom. The Morgan fingerprint density at radius 1 is 0.548 bits per heavy atom. The van der Waals surface area contributed by atoms with Crippen molar-refractivity contribution in [1.29, 1.82) is 0 Å². The van der Waals surface area contributed by atoms with Crippen LogP contribution in [-0.4, -0.2) is 0 Å². The van der Waals surface area contributed by atoms with Gasteiger partial charge in [-0.25, -0.2) is 0 Å². The van der Waals surface area contributed by atoms with Gasteiger partial charge in [0.25, 0.3) is 0 Å². The van der Waals surface area contributed by atoms with E-state index in [0.717, 1.165) is 0 Å². The molecule has 0 N–H and O–H groups in total. The van der Waals surface area contributed by atoms with Gasteiger partial charge in [-0.2, -0.15) is 0 Å². The lowest BCUT2D eigenvalue weighted by Crippen LogP contribution is -1.84. The predicted molar refractivity (Wildman–Crippen MR) is 129 cm³/mol. The maximum Gasteiger partial charge on any atom is 0.0352 e. The highest BCUT2D eigenvalue weighted by Gasteiger charge is 2.41. The molecule has 145 valence electrons. The number of benzene rings is 4. The summed E-state index contributed by atoms with van der Waals surface area (Å²) in [5, 5.41) is 0. The van der Waals surface area contributed by atoms with Crippen LogP contribution in [0.15, 0.2) is 132 Å². The molecule has 2 aliphatic carbocycles. The molecule has 2 aliphatic rings. The first kappa shape index (κ1) is 17.9. The molecule has 4 aromatic rings. The number of hydrogen-bond donors (Lipinski definition) is 0.